The molecule has 12 heavy (non-hydrogen) atoms. The zero-order valence-corrected chi connectivity index (χ0v) is 8.04. The van der Waals surface area contributed by atoms with Crippen LogP contribution in [0.2, 0.25) is 0 Å². The van der Waals surface area contributed by atoms with Gasteiger partial charge in [0.25, 0.3) is 0 Å². The van der Waals surface area contributed by atoms with Crippen LogP contribution in [-0.4, -0.2) is 9.97 Å². The first-order chi connectivity index (χ1) is 5.74. The van der Waals surface area contributed by atoms with Crippen molar-refractivity contribution in [3.63, 3.8) is 0 Å². The zero-order valence-electron chi connectivity index (χ0n) is 8.04. The van der Waals surface area contributed by atoms with E-state index in [1.54, 1.807) is 0 Å². The molecule has 0 saturated carbocycles. The van der Waals surface area contributed by atoms with Crippen molar-refractivity contribution in [1.82, 2.24) is 9.97 Å². The van der Waals surface area contributed by atoms with E-state index >= 15 is 0 Å². The van der Waals surface area contributed by atoms with Gasteiger partial charge < -0.3 is 0 Å². The van der Waals surface area contributed by atoms with Crippen molar-refractivity contribution in [3.8, 4) is 0 Å². The summed E-state index contributed by atoms with van der Waals surface area (Å²) in [6.07, 6.45) is 5.94. The molecule has 0 fully saturated rings. The van der Waals surface area contributed by atoms with Gasteiger partial charge in [0.2, 0.25) is 0 Å². The quantitative estimate of drug-likeness (QED) is 0.686. The Morgan fingerprint density at radius 3 is 2.42 bits per heavy atom. The number of rotatable bonds is 3. The minimum atomic E-state index is 0.480. The predicted octanol–water partition coefficient (Wildman–Crippen LogP) is 2.55. The molecule has 0 N–H and O–H groups in total. The summed E-state index contributed by atoms with van der Waals surface area (Å²) in [6.45, 7) is 6.41. The summed E-state index contributed by atoms with van der Waals surface area (Å²) < 4.78 is 0. The van der Waals surface area contributed by atoms with Crippen molar-refractivity contribution >= 4 is 0 Å². The lowest BCUT2D eigenvalue weighted by atomic mass is 10.1. The maximum Gasteiger partial charge on any atom is 0.0612 e. The van der Waals surface area contributed by atoms with E-state index in [4.69, 9.17) is 0 Å². The molecule has 0 aliphatic rings. The third kappa shape index (κ3) is 2.29. The Labute approximate surface area is 74.1 Å². The number of aryl methyl sites for hydroxylation is 1. The first-order valence-electron chi connectivity index (χ1n) is 4.54. The highest BCUT2D eigenvalue weighted by molar-refractivity contribution is 5.05. The lowest BCUT2D eigenvalue weighted by Gasteiger charge is -2.03. The second kappa shape index (κ2) is 4.19. The molecule has 2 nitrogen and oxygen atoms in total. The van der Waals surface area contributed by atoms with Gasteiger partial charge >= 0.3 is 0 Å². The van der Waals surface area contributed by atoms with Gasteiger partial charge in [-0.2, -0.15) is 0 Å². The summed E-state index contributed by atoms with van der Waals surface area (Å²) in [6, 6.07) is 0. The lowest BCUT2D eigenvalue weighted by Crippen LogP contribution is -1.97. The zero-order chi connectivity index (χ0) is 8.97. The summed E-state index contributed by atoms with van der Waals surface area (Å²) in [5.74, 6) is 0.480. The first-order valence-corrected chi connectivity index (χ1v) is 4.54. The highest BCUT2D eigenvalue weighted by Crippen LogP contribution is 2.09. The van der Waals surface area contributed by atoms with Gasteiger partial charge in [-0.3, -0.25) is 9.97 Å². The molecular formula is C10H16N2. The van der Waals surface area contributed by atoms with Crippen molar-refractivity contribution in [1.29, 1.82) is 0 Å². The van der Waals surface area contributed by atoms with Gasteiger partial charge in [-0.15, -0.1) is 0 Å². The fourth-order valence-electron chi connectivity index (χ4n) is 1.05. The Balaban J connectivity index is 2.71. The summed E-state index contributed by atoms with van der Waals surface area (Å²) in [5, 5.41) is 0. The van der Waals surface area contributed by atoms with Crippen LogP contribution in [0, 0.1) is 0 Å². The van der Waals surface area contributed by atoms with Crippen LogP contribution in [0.1, 0.15) is 44.5 Å². The fourth-order valence-corrected chi connectivity index (χ4v) is 1.05. The van der Waals surface area contributed by atoms with Gasteiger partial charge in [0, 0.05) is 12.4 Å². The molecule has 0 spiro atoms. The Hall–Kier alpha value is -0.920. The van der Waals surface area contributed by atoms with E-state index in [0.29, 0.717) is 5.92 Å². The van der Waals surface area contributed by atoms with Crippen molar-refractivity contribution in [2.75, 3.05) is 0 Å². The Morgan fingerprint density at radius 1 is 1.25 bits per heavy atom. The second-order valence-electron chi connectivity index (χ2n) is 3.34. The lowest BCUT2D eigenvalue weighted by molar-refractivity contribution is 0.790. The Bertz CT molecular complexity index is 226. The second-order valence-corrected chi connectivity index (χ2v) is 3.34. The van der Waals surface area contributed by atoms with Crippen molar-refractivity contribution in [3.05, 3.63) is 23.8 Å². The largest absolute Gasteiger partial charge is 0.258 e. The topological polar surface area (TPSA) is 25.8 Å². The van der Waals surface area contributed by atoms with Crippen LogP contribution in [0.4, 0.5) is 0 Å². The van der Waals surface area contributed by atoms with E-state index in [9.17, 15) is 0 Å². The van der Waals surface area contributed by atoms with Crippen molar-refractivity contribution < 1.29 is 0 Å². The highest BCUT2D eigenvalue weighted by Gasteiger charge is 2.00. The van der Waals surface area contributed by atoms with E-state index < -0.39 is 0 Å². The third-order valence-electron chi connectivity index (χ3n) is 1.82. The van der Waals surface area contributed by atoms with Crippen LogP contribution in [0.15, 0.2) is 12.4 Å². The molecule has 0 radical (unpaired) electrons. The summed E-state index contributed by atoms with van der Waals surface area (Å²) >= 11 is 0. The highest BCUT2D eigenvalue weighted by atomic mass is 14.8. The Morgan fingerprint density at radius 2 is 2.00 bits per heavy atom. The summed E-state index contributed by atoms with van der Waals surface area (Å²) in [4.78, 5) is 8.66. The number of aromatic nitrogens is 2. The van der Waals surface area contributed by atoms with Crippen molar-refractivity contribution in [2.45, 2.75) is 39.5 Å². The average molecular weight is 164 g/mol. The molecule has 0 unspecified atom stereocenters. The van der Waals surface area contributed by atoms with E-state index in [2.05, 4.69) is 30.7 Å². The molecule has 1 heterocycles. The number of hydrogen-bond donors (Lipinski definition) is 0. The van der Waals surface area contributed by atoms with Gasteiger partial charge in [0.1, 0.15) is 0 Å². The SMILES string of the molecule is CCCc1cnc(C(C)C)cn1. The van der Waals surface area contributed by atoms with Gasteiger partial charge in [0.15, 0.2) is 0 Å². The fraction of sp³-hybridized carbons (Fsp3) is 0.600. The minimum Gasteiger partial charge on any atom is -0.258 e. The van der Waals surface area contributed by atoms with Crippen LogP contribution < -0.4 is 0 Å². The maximum absolute atomic E-state index is 4.33. The van der Waals surface area contributed by atoms with Gasteiger partial charge in [-0.25, -0.2) is 0 Å². The number of hydrogen-bond acceptors (Lipinski definition) is 2. The monoisotopic (exact) mass is 164 g/mol. The average Bonchev–Trinajstić information content (AvgIpc) is 2.06. The van der Waals surface area contributed by atoms with Crippen LogP contribution >= 0.6 is 0 Å². The molecule has 0 amide bonds. The smallest absolute Gasteiger partial charge is 0.0612 e. The van der Waals surface area contributed by atoms with Gasteiger partial charge in [-0.05, 0) is 12.3 Å². The van der Waals surface area contributed by atoms with Crippen LogP contribution in [0.3, 0.4) is 0 Å². The molecule has 0 atom stereocenters. The van der Waals surface area contributed by atoms with E-state index in [0.717, 1.165) is 24.2 Å². The molecular weight excluding hydrogens is 148 g/mol. The minimum absolute atomic E-state index is 0.480. The van der Waals surface area contributed by atoms with Crippen LogP contribution in [-0.2, 0) is 6.42 Å². The van der Waals surface area contributed by atoms with E-state index in [-0.39, 0.29) is 0 Å². The molecule has 2 heteroatoms. The Kier molecular flexibility index (Phi) is 3.20. The van der Waals surface area contributed by atoms with Gasteiger partial charge in [-0.1, -0.05) is 27.2 Å². The van der Waals surface area contributed by atoms with Gasteiger partial charge in [0.05, 0.1) is 11.4 Å². The molecule has 1 aromatic heterocycles. The molecule has 0 aliphatic heterocycles. The molecule has 0 saturated heterocycles. The normalized spacial score (nSPS) is 10.7. The summed E-state index contributed by atoms with van der Waals surface area (Å²) in [5.41, 5.74) is 2.18. The predicted molar refractivity (Wildman–Crippen MR) is 50.1 cm³/mol. The summed E-state index contributed by atoms with van der Waals surface area (Å²) in [7, 11) is 0. The molecule has 1 aromatic rings. The molecule has 0 bridgehead atoms. The molecule has 66 valence electrons. The van der Waals surface area contributed by atoms with E-state index in [1.807, 2.05) is 12.4 Å². The number of nitrogens with zero attached hydrogens (tertiary/aromatic N) is 2. The van der Waals surface area contributed by atoms with Crippen molar-refractivity contribution in [2.24, 2.45) is 0 Å². The van der Waals surface area contributed by atoms with Crippen LogP contribution in [0.25, 0.3) is 0 Å². The molecule has 0 aromatic carbocycles. The first kappa shape index (κ1) is 9.17. The maximum atomic E-state index is 4.33. The molecule has 1 rings (SSSR count). The van der Waals surface area contributed by atoms with Crippen LogP contribution in [0.5, 0.6) is 0 Å². The van der Waals surface area contributed by atoms with E-state index in [1.165, 1.54) is 0 Å². The third-order valence-corrected chi connectivity index (χ3v) is 1.82. The standard InChI is InChI=1S/C10H16N2/c1-4-5-9-6-12-10(7-11-9)8(2)3/h6-8H,4-5H2,1-3H3. The molecule has 0 aliphatic carbocycles.